The number of aryl methyl sites for hydroxylation is 1. The molecule has 3 rings (SSSR count). The molecule has 2 aromatic rings. The molecule has 8 nitrogen and oxygen atoms in total. The van der Waals surface area contributed by atoms with Crippen molar-refractivity contribution in [1.29, 1.82) is 0 Å². The summed E-state index contributed by atoms with van der Waals surface area (Å²) in [6.07, 6.45) is 3.06. The minimum atomic E-state index is -0.641. The van der Waals surface area contributed by atoms with E-state index >= 15 is 0 Å². The van der Waals surface area contributed by atoms with Crippen LogP contribution in [-0.4, -0.2) is 56.1 Å². The summed E-state index contributed by atoms with van der Waals surface area (Å²) in [6, 6.07) is 5.67. The van der Waals surface area contributed by atoms with Crippen LogP contribution in [0, 0.1) is 12.7 Å². The van der Waals surface area contributed by atoms with Crippen LogP contribution in [0.1, 0.15) is 50.0 Å². The summed E-state index contributed by atoms with van der Waals surface area (Å²) in [6.45, 7) is 4.81. The van der Waals surface area contributed by atoms with E-state index in [1.807, 2.05) is 6.92 Å². The number of benzene rings is 1. The maximum Gasteiger partial charge on any atom is 0.247 e. The van der Waals surface area contributed by atoms with E-state index in [-0.39, 0.29) is 23.7 Å². The maximum absolute atomic E-state index is 13.6. The van der Waals surface area contributed by atoms with E-state index in [0.717, 1.165) is 6.42 Å². The van der Waals surface area contributed by atoms with Gasteiger partial charge in [-0.2, -0.15) is 0 Å². The highest BCUT2D eigenvalue weighted by atomic mass is 19.1. The zero-order valence-electron chi connectivity index (χ0n) is 16.8. The molecule has 0 unspecified atom stereocenters. The molecule has 2 heterocycles. The Morgan fingerprint density at radius 2 is 2.07 bits per heavy atom. The summed E-state index contributed by atoms with van der Waals surface area (Å²) in [5.74, 6) is 0.154. The number of halogens is 1. The van der Waals surface area contributed by atoms with Gasteiger partial charge in [-0.15, -0.1) is 5.10 Å². The molecule has 0 bridgehead atoms. The van der Waals surface area contributed by atoms with Gasteiger partial charge in [0.25, 0.3) is 0 Å². The van der Waals surface area contributed by atoms with E-state index in [1.54, 1.807) is 24.0 Å². The molecule has 1 fully saturated rings. The second-order valence-electron chi connectivity index (χ2n) is 7.44. The van der Waals surface area contributed by atoms with Gasteiger partial charge in [-0.1, -0.05) is 19.1 Å². The highest BCUT2D eigenvalue weighted by Gasteiger charge is 2.31. The largest absolute Gasteiger partial charge is 0.353 e. The third-order valence-corrected chi connectivity index (χ3v) is 5.20. The summed E-state index contributed by atoms with van der Waals surface area (Å²) < 4.78 is 15.1. The van der Waals surface area contributed by atoms with Crippen molar-refractivity contribution in [3.8, 4) is 0 Å². The topological polar surface area (TPSA) is 93.0 Å². The predicted molar refractivity (Wildman–Crippen MR) is 104 cm³/mol. The molecule has 0 saturated carbocycles. The number of likely N-dealkylation sites (tertiary alicyclic amines) is 1. The lowest BCUT2D eigenvalue weighted by Gasteiger charge is -2.34. The normalized spacial score (nSPS) is 15.9. The van der Waals surface area contributed by atoms with Gasteiger partial charge in [-0.3, -0.25) is 9.59 Å². The number of amides is 2. The summed E-state index contributed by atoms with van der Waals surface area (Å²) in [5, 5.41) is 14.6. The highest BCUT2D eigenvalue weighted by molar-refractivity contribution is 5.81. The lowest BCUT2D eigenvalue weighted by atomic mass is 10.0. The first-order valence-corrected chi connectivity index (χ1v) is 10.0. The number of hydrogen-bond acceptors (Lipinski definition) is 5. The van der Waals surface area contributed by atoms with E-state index in [0.29, 0.717) is 50.2 Å². The van der Waals surface area contributed by atoms with Gasteiger partial charge >= 0.3 is 0 Å². The lowest BCUT2D eigenvalue weighted by Crippen LogP contribution is -2.48. The minimum Gasteiger partial charge on any atom is -0.353 e. The van der Waals surface area contributed by atoms with E-state index in [4.69, 9.17) is 0 Å². The fourth-order valence-electron chi connectivity index (χ4n) is 3.67. The maximum atomic E-state index is 13.6. The van der Waals surface area contributed by atoms with Crippen LogP contribution in [0.4, 0.5) is 4.39 Å². The van der Waals surface area contributed by atoms with Crippen LogP contribution < -0.4 is 5.32 Å². The molecule has 1 atom stereocenters. The van der Waals surface area contributed by atoms with E-state index < -0.39 is 6.04 Å². The first kappa shape index (κ1) is 20.9. The third-order valence-electron chi connectivity index (χ3n) is 5.20. The van der Waals surface area contributed by atoms with Crippen LogP contribution in [0.5, 0.6) is 0 Å². The average Bonchev–Trinajstić information content (AvgIpc) is 3.12. The number of nitrogens with zero attached hydrogens (tertiary/aromatic N) is 5. The fourth-order valence-corrected chi connectivity index (χ4v) is 3.67. The lowest BCUT2D eigenvalue weighted by molar-refractivity contribution is -0.136. The minimum absolute atomic E-state index is 0.0607. The Morgan fingerprint density at radius 3 is 2.69 bits per heavy atom. The molecule has 1 N–H and O–H groups in total. The number of aromatic nitrogens is 4. The van der Waals surface area contributed by atoms with Gasteiger partial charge in [-0.25, -0.2) is 9.07 Å². The second-order valence-corrected chi connectivity index (χ2v) is 7.44. The molecule has 0 aliphatic carbocycles. The Kier molecular flexibility index (Phi) is 6.90. The SMILES string of the molecule is CCCC(=O)NC1CCN(C(=O)[C@H](Cc2cccc(F)c2)n2nnnc2C)CC1. The van der Waals surface area contributed by atoms with Crippen LogP contribution >= 0.6 is 0 Å². The van der Waals surface area contributed by atoms with Gasteiger partial charge in [-0.05, 0) is 54.3 Å². The summed E-state index contributed by atoms with van der Waals surface area (Å²) in [7, 11) is 0. The molecule has 0 radical (unpaired) electrons. The number of carbonyl (C=O) groups is 2. The van der Waals surface area contributed by atoms with Crippen molar-refractivity contribution >= 4 is 11.8 Å². The van der Waals surface area contributed by atoms with E-state index in [1.165, 1.54) is 16.8 Å². The molecular weight excluding hydrogens is 375 g/mol. The van der Waals surface area contributed by atoms with Crippen LogP contribution in [0.2, 0.25) is 0 Å². The molecule has 1 aromatic carbocycles. The Balaban J connectivity index is 1.69. The number of hydrogen-bond donors (Lipinski definition) is 1. The van der Waals surface area contributed by atoms with Gasteiger partial charge in [0, 0.05) is 32.0 Å². The molecule has 29 heavy (non-hydrogen) atoms. The van der Waals surface area contributed by atoms with Crippen molar-refractivity contribution < 1.29 is 14.0 Å². The van der Waals surface area contributed by atoms with Gasteiger partial charge in [0.05, 0.1) is 0 Å². The fraction of sp³-hybridized carbons (Fsp3) is 0.550. The Bertz CT molecular complexity index is 847. The van der Waals surface area contributed by atoms with Crippen molar-refractivity contribution in [2.75, 3.05) is 13.1 Å². The van der Waals surface area contributed by atoms with Crippen molar-refractivity contribution in [2.45, 2.75) is 58.0 Å². The van der Waals surface area contributed by atoms with Gasteiger partial charge in [0.15, 0.2) is 0 Å². The van der Waals surface area contributed by atoms with Gasteiger partial charge < -0.3 is 10.2 Å². The molecule has 1 saturated heterocycles. The third kappa shape index (κ3) is 5.36. The van der Waals surface area contributed by atoms with Crippen LogP contribution in [0.25, 0.3) is 0 Å². The predicted octanol–water partition coefficient (Wildman–Crippen LogP) is 1.81. The van der Waals surface area contributed by atoms with Crippen LogP contribution in [0.15, 0.2) is 24.3 Å². The van der Waals surface area contributed by atoms with E-state index in [2.05, 4.69) is 20.8 Å². The summed E-state index contributed by atoms with van der Waals surface area (Å²) in [4.78, 5) is 26.9. The number of tetrazole rings is 1. The van der Waals surface area contributed by atoms with Crippen molar-refractivity contribution in [1.82, 2.24) is 30.4 Å². The molecule has 0 spiro atoms. The Labute approximate surface area is 169 Å². The van der Waals surface area contributed by atoms with Crippen molar-refractivity contribution in [3.63, 3.8) is 0 Å². The molecule has 1 aromatic heterocycles. The smallest absolute Gasteiger partial charge is 0.247 e. The summed E-state index contributed by atoms with van der Waals surface area (Å²) in [5.41, 5.74) is 0.708. The van der Waals surface area contributed by atoms with Crippen LogP contribution in [0.3, 0.4) is 0 Å². The molecule has 1 aliphatic rings. The zero-order valence-corrected chi connectivity index (χ0v) is 16.8. The Hall–Kier alpha value is -2.84. The monoisotopic (exact) mass is 402 g/mol. The zero-order chi connectivity index (χ0) is 20.8. The molecule has 2 amide bonds. The number of carbonyl (C=O) groups excluding carboxylic acids is 2. The van der Waals surface area contributed by atoms with Gasteiger partial charge in [0.1, 0.15) is 17.7 Å². The molecular formula is C20H27FN6O2. The standard InChI is InChI=1S/C20H27FN6O2/c1-3-5-19(28)22-17-8-10-26(11-9-17)20(29)18(27-14(2)23-24-25-27)13-15-6-4-7-16(21)12-15/h4,6-7,12,17-18H,3,5,8-11,13H2,1-2H3,(H,22,28)/t18-/m0/s1. The molecule has 1 aliphatic heterocycles. The Morgan fingerprint density at radius 1 is 1.31 bits per heavy atom. The van der Waals surface area contributed by atoms with Crippen LogP contribution in [-0.2, 0) is 16.0 Å². The first-order chi connectivity index (χ1) is 14.0. The van der Waals surface area contributed by atoms with Crippen molar-refractivity contribution in [3.05, 3.63) is 41.5 Å². The average molecular weight is 402 g/mol. The highest BCUT2D eigenvalue weighted by Crippen LogP contribution is 2.21. The number of piperidine rings is 1. The van der Waals surface area contributed by atoms with Crippen molar-refractivity contribution in [2.24, 2.45) is 0 Å². The quantitative estimate of drug-likeness (QED) is 0.762. The summed E-state index contributed by atoms with van der Waals surface area (Å²) >= 11 is 0. The van der Waals surface area contributed by atoms with E-state index in [9.17, 15) is 14.0 Å². The number of rotatable bonds is 7. The first-order valence-electron chi connectivity index (χ1n) is 10.0. The molecule has 156 valence electrons. The molecule has 9 heteroatoms. The second kappa shape index (κ2) is 9.58. The van der Waals surface area contributed by atoms with Gasteiger partial charge in [0.2, 0.25) is 11.8 Å². The number of nitrogens with one attached hydrogen (secondary N) is 1.